The summed E-state index contributed by atoms with van der Waals surface area (Å²) in [6.45, 7) is 13.8. The van der Waals surface area contributed by atoms with Gasteiger partial charge in [-0.2, -0.15) is 0 Å². The molecule has 1 fully saturated rings. The Morgan fingerprint density at radius 3 is 2.42 bits per heavy atom. The average molecular weight is 362 g/mol. The molecule has 26 heavy (non-hydrogen) atoms. The fourth-order valence-corrected chi connectivity index (χ4v) is 3.48. The first-order valence-electron chi connectivity index (χ1n) is 9.90. The summed E-state index contributed by atoms with van der Waals surface area (Å²) >= 11 is 0. The van der Waals surface area contributed by atoms with Crippen molar-refractivity contribution in [2.24, 2.45) is 5.92 Å². The highest BCUT2D eigenvalue weighted by atomic mass is 16.5. The van der Waals surface area contributed by atoms with E-state index in [0.717, 1.165) is 43.8 Å². The van der Waals surface area contributed by atoms with Gasteiger partial charge in [0.25, 0.3) is 0 Å². The first-order valence-corrected chi connectivity index (χ1v) is 9.90. The number of amides is 2. The summed E-state index contributed by atoms with van der Waals surface area (Å²) in [5.74, 6) is 1.52. The van der Waals surface area contributed by atoms with Crippen LogP contribution in [0.4, 0.5) is 4.79 Å². The van der Waals surface area contributed by atoms with Gasteiger partial charge >= 0.3 is 6.03 Å². The predicted molar refractivity (Wildman–Crippen MR) is 107 cm³/mol. The molecule has 1 aliphatic heterocycles. The molecule has 0 saturated carbocycles. The van der Waals surface area contributed by atoms with Crippen molar-refractivity contribution in [2.75, 3.05) is 19.6 Å². The van der Waals surface area contributed by atoms with Gasteiger partial charge in [0, 0.05) is 31.2 Å². The Morgan fingerprint density at radius 1 is 1.15 bits per heavy atom. The van der Waals surface area contributed by atoms with E-state index in [1.54, 1.807) is 0 Å². The van der Waals surface area contributed by atoms with Gasteiger partial charge in [-0.25, -0.2) is 4.79 Å². The van der Waals surface area contributed by atoms with E-state index in [0.29, 0.717) is 5.92 Å². The number of hydrogen-bond donors (Lipinski definition) is 2. The molecule has 1 aliphatic rings. The standard InChI is InChI=1S/C21H35N3O2/c1-15(2)14-24-12-10-18(11-13-24)23-21(25)22-17(5)19-8-6-7-9-20(19)26-16(3)4/h6-9,15-18H,10-14H2,1-5H3,(H2,22,23,25)/t17-/m0/s1. The molecular weight excluding hydrogens is 326 g/mol. The Kier molecular flexibility index (Phi) is 7.76. The summed E-state index contributed by atoms with van der Waals surface area (Å²) in [4.78, 5) is 14.9. The van der Waals surface area contributed by atoms with E-state index >= 15 is 0 Å². The van der Waals surface area contributed by atoms with Crippen LogP contribution in [-0.2, 0) is 0 Å². The molecule has 1 atom stereocenters. The maximum Gasteiger partial charge on any atom is 0.315 e. The minimum Gasteiger partial charge on any atom is -0.491 e. The number of nitrogens with one attached hydrogen (secondary N) is 2. The molecule has 5 heteroatoms. The van der Waals surface area contributed by atoms with Crippen LogP contribution < -0.4 is 15.4 Å². The molecule has 0 aliphatic carbocycles. The minimum absolute atomic E-state index is 0.0980. The molecule has 1 saturated heterocycles. The second kappa shape index (κ2) is 9.81. The number of benzene rings is 1. The lowest BCUT2D eigenvalue weighted by Gasteiger charge is -2.33. The lowest BCUT2D eigenvalue weighted by atomic mass is 10.0. The van der Waals surface area contributed by atoms with Gasteiger partial charge in [-0.1, -0.05) is 32.0 Å². The molecule has 0 aromatic heterocycles. The van der Waals surface area contributed by atoms with Gasteiger partial charge in [-0.3, -0.25) is 0 Å². The summed E-state index contributed by atoms with van der Waals surface area (Å²) in [7, 11) is 0. The molecule has 2 N–H and O–H groups in total. The van der Waals surface area contributed by atoms with Gasteiger partial charge in [-0.15, -0.1) is 0 Å². The van der Waals surface area contributed by atoms with E-state index in [2.05, 4.69) is 29.4 Å². The smallest absolute Gasteiger partial charge is 0.315 e. The second-order valence-electron chi connectivity index (χ2n) is 8.01. The van der Waals surface area contributed by atoms with Crippen LogP contribution in [0.15, 0.2) is 24.3 Å². The van der Waals surface area contributed by atoms with Crippen molar-refractivity contribution in [1.82, 2.24) is 15.5 Å². The van der Waals surface area contributed by atoms with Gasteiger partial charge in [0.1, 0.15) is 5.75 Å². The highest BCUT2D eigenvalue weighted by Crippen LogP contribution is 2.25. The number of urea groups is 1. The van der Waals surface area contributed by atoms with Gasteiger partial charge in [0.05, 0.1) is 12.1 Å². The van der Waals surface area contributed by atoms with Crippen molar-refractivity contribution >= 4 is 6.03 Å². The Hall–Kier alpha value is -1.75. The quantitative estimate of drug-likeness (QED) is 0.773. The molecule has 1 aromatic carbocycles. The lowest BCUT2D eigenvalue weighted by Crippen LogP contribution is -2.48. The zero-order valence-corrected chi connectivity index (χ0v) is 16.9. The van der Waals surface area contributed by atoms with Gasteiger partial charge < -0.3 is 20.3 Å². The summed E-state index contributed by atoms with van der Waals surface area (Å²) in [6, 6.07) is 7.95. The number of likely N-dealkylation sites (tertiary alicyclic amines) is 1. The predicted octanol–water partition coefficient (Wildman–Crippen LogP) is 3.95. The third-order valence-electron chi connectivity index (χ3n) is 4.64. The summed E-state index contributed by atoms with van der Waals surface area (Å²) in [5.41, 5.74) is 1.00. The molecule has 2 rings (SSSR count). The third-order valence-corrected chi connectivity index (χ3v) is 4.64. The molecule has 0 bridgehead atoms. The van der Waals surface area contributed by atoms with E-state index in [1.807, 2.05) is 45.0 Å². The number of piperidine rings is 1. The van der Waals surface area contributed by atoms with E-state index in [9.17, 15) is 4.79 Å². The molecule has 1 heterocycles. The normalized spacial score (nSPS) is 17.3. The van der Waals surface area contributed by atoms with Crippen molar-refractivity contribution in [3.05, 3.63) is 29.8 Å². The number of carbonyl (C=O) groups excluding carboxylic acids is 1. The van der Waals surface area contributed by atoms with Crippen molar-refractivity contribution < 1.29 is 9.53 Å². The van der Waals surface area contributed by atoms with Crippen LogP contribution in [0.5, 0.6) is 5.75 Å². The molecule has 2 amide bonds. The molecular formula is C21H35N3O2. The Bertz CT molecular complexity index is 566. The number of ether oxygens (including phenoxy) is 1. The van der Waals surface area contributed by atoms with E-state index in [-0.39, 0.29) is 24.2 Å². The van der Waals surface area contributed by atoms with Gasteiger partial charge in [0.2, 0.25) is 0 Å². The zero-order chi connectivity index (χ0) is 19.1. The van der Waals surface area contributed by atoms with Crippen LogP contribution in [0, 0.1) is 5.92 Å². The number of nitrogens with zero attached hydrogens (tertiary/aromatic N) is 1. The van der Waals surface area contributed by atoms with E-state index in [1.165, 1.54) is 0 Å². The highest BCUT2D eigenvalue weighted by Gasteiger charge is 2.22. The van der Waals surface area contributed by atoms with Crippen molar-refractivity contribution in [2.45, 2.75) is 65.6 Å². The van der Waals surface area contributed by atoms with Crippen molar-refractivity contribution in [1.29, 1.82) is 0 Å². The number of rotatable bonds is 7. The summed E-state index contributed by atoms with van der Waals surface area (Å²) in [5, 5.41) is 6.19. The van der Waals surface area contributed by atoms with E-state index < -0.39 is 0 Å². The zero-order valence-electron chi connectivity index (χ0n) is 16.9. The van der Waals surface area contributed by atoms with Gasteiger partial charge in [-0.05, 0) is 45.6 Å². The van der Waals surface area contributed by atoms with Crippen molar-refractivity contribution in [3.8, 4) is 5.75 Å². The topological polar surface area (TPSA) is 53.6 Å². The molecule has 0 spiro atoms. The molecule has 0 radical (unpaired) electrons. The van der Waals surface area contributed by atoms with Crippen LogP contribution >= 0.6 is 0 Å². The van der Waals surface area contributed by atoms with Crippen molar-refractivity contribution in [3.63, 3.8) is 0 Å². The molecule has 1 aromatic rings. The summed E-state index contributed by atoms with van der Waals surface area (Å²) < 4.78 is 5.86. The maximum atomic E-state index is 12.4. The highest BCUT2D eigenvalue weighted by molar-refractivity contribution is 5.74. The minimum atomic E-state index is -0.106. The second-order valence-corrected chi connectivity index (χ2v) is 8.01. The first kappa shape index (κ1) is 20.6. The largest absolute Gasteiger partial charge is 0.491 e. The van der Waals surface area contributed by atoms with Crippen LogP contribution in [0.2, 0.25) is 0 Å². The third kappa shape index (κ3) is 6.52. The van der Waals surface area contributed by atoms with Crippen LogP contribution in [0.25, 0.3) is 0 Å². The Balaban J connectivity index is 1.83. The maximum absolute atomic E-state index is 12.4. The van der Waals surface area contributed by atoms with Crippen LogP contribution in [0.1, 0.15) is 59.1 Å². The molecule has 0 unspecified atom stereocenters. The molecule has 5 nitrogen and oxygen atoms in total. The fourth-order valence-electron chi connectivity index (χ4n) is 3.48. The van der Waals surface area contributed by atoms with Crippen LogP contribution in [0.3, 0.4) is 0 Å². The number of carbonyl (C=O) groups is 1. The average Bonchev–Trinajstić information content (AvgIpc) is 2.56. The van der Waals surface area contributed by atoms with Crippen LogP contribution in [-0.4, -0.2) is 42.7 Å². The fraction of sp³-hybridized carbons (Fsp3) is 0.667. The monoisotopic (exact) mass is 361 g/mol. The first-order chi connectivity index (χ1) is 12.3. The lowest BCUT2D eigenvalue weighted by molar-refractivity contribution is 0.177. The van der Waals surface area contributed by atoms with Gasteiger partial charge in [0.15, 0.2) is 0 Å². The SMILES string of the molecule is CC(C)CN1CCC(NC(=O)N[C@@H](C)c2ccccc2OC(C)C)CC1. The Labute approximate surface area is 158 Å². The van der Waals surface area contributed by atoms with E-state index in [4.69, 9.17) is 4.74 Å². The number of para-hydroxylation sites is 1. The summed E-state index contributed by atoms with van der Waals surface area (Å²) in [6.07, 6.45) is 2.14. The molecule has 146 valence electrons. The Morgan fingerprint density at radius 2 is 1.81 bits per heavy atom. The number of hydrogen-bond acceptors (Lipinski definition) is 3.